The quantitative estimate of drug-likeness (QED) is 0.680. The largest absolute Gasteiger partial charge is 0.490 e. The third kappa shape index (κ3) is 5.02. The first-order valence-electron chi connectivity index (χ1n) is 8.68. The highest BCUT2D eigenvalue weighted by atomic mass is 32.1. The standard InChI is InChI=1S/C15H21N3O2S.C2HF3O2/c1-15(2)14(20)17-8-9-18(15)13(19)12-6-5-11(21-12)10-4-3-7-16-10;3-2(4,5)1(6)7/h5-6,10,16H,3-4,7-9H2,1-2H3,(H,17,20);(H,6,7). The molecule has 0 bridgehead atoms. The minimum absolute atomic E-state index is 0.0379. The van der Waals surface area contributed by atoms with Crippen LogP contribution in [0.4, 0.5) is 13.2 Å². The number of carbonyl (C=O) groups excluding carboxylic acids is 2. The molecule has 1 atom stereocenters. The van der Waals surface area contributed by atoms with Crippen LogP contribution in [0.2, 0.25) is 0 Å². The lowest BCUT2D eigenvalue weighted by Gasteiger charge is -2.40. The molecule has 2 amide bonds. The molecule has 0 saturated carbocycles. The lowest BCUT2D eigenvalue weighted by atomic mass is 9.98. The molecular formula is C17H22F3N3O4S. The van der Waals surface area contributed by atoms with Gasteiger partial charge in [-0.1, -0.05) is 0 Å². The first-order valence-corrected chi connectivity index (χ1v) is 9.49. The smallest absolute Gasteiger partial charge is 0.475 e. The van der Waals surface area contributed by atoms with Crippen molar-refractivity contribution in [3.63, 3.8) is 0 Å². The molecule has 28 heavy (non-hydrogen) atoms. The van der Waals surface area contributed by atoms with Gasteiger partial charge in [-0.15, -0.1) is 11.3 Å². The van der Waals surface area contributed by atoms with E-state index < -0.39 is 17.7 Å². The number of nitrogens with zero attached hydrogens (tertiary/aromatic N) is 1. The van der Waals surface area contributed by atoms with Gasteiger partial charge >= 0.3 is 12.1 Å². The number of halogens is 3. The maximum absolute atomic E-state index is 12.7. The minimum Gasteiger partial charge on any atom is -0.475 e. The molecule has 0 aliphatic carbocycles. The molecule has 11 heteroatoms. The summed E-state index contributed by atoms with van der Waals surface area (Å²) in [5.74, 6) is -2.88. The Labute approximate surface area is 163 Å². The monoisotopic (exact) mass is 421 g/mol. The number of carbonyl (C=O) groups is 3. The van der Waals surface area contributed by atoms with Crippen LogP contribution in [0.25, 0.3) is 0 Å². The van der Waals surface area contributed by atoms with Crippen LogP contribution in [0.15, 0.2) is 12.1 Å². The van der Waals surface area contributed by atoms with Gasteiger partial charge in [0.15, 0.2) is 0 Å². The number of thiophene rings is 1. The zero-order chi connectivity index (χ0) is 21.1. The molecule has 0 spiro atoms. The van der Waals surface area contributed by atoms with E-state index in [9.17, 15) is 22.8 Å². The van der Waals surface area contributed by atoms with Gasteiger partial charge < -0.3 is 20.6 Å². The normalized spacial score (nSPS) is 21.5. The van der Waals surface area contributed by atoms with Crippen LogP contribution in [0, 0.1) is 0 Å². The fourth-order valence-corrected chi connectivity index (χ4v) is 4.04. The number of piperazine rings is 1. The van der Waals surface area contributed by atoms with Crippen LogP contribution in [0.5, 0.6) is 0 Å². The van der Waals surface area contributed by atoms with Crippen molar-refractivity contribution < 1.29 is 32.7 Å². The molecule has 1 unspecified atom stereocenters. The molecule has 3 N–H and O–H groups in total. The van der Waals surface area contributed by atoms with E-state index in [4.69, 9.17) is 9.90 Å². The molecule has 2 aliphatic rings. The number of carboxylic acid groups (broad SMARTS) is 1. The third-order valence-electron chi connectivity index (χ3n) is 4.58. The van der Waals surface area contributed by atoms with E-state index in [1.807, 2.05) is 12.1 Å². The maximum atomic E-state index is 12.7. The summed E-state index contributed by atoms with van der Waals surface area (Å²) in [6, 6.07) is 4.32. The highest BCUT2D eigenvalue weighted by Crippen LogP contribution is 2.31. The van der Waals surface area contributed by atoms with Crippen LogP contribution >= 0.6 is 11.3 Å². The van der Waals surface area contributed by atoms with E-state index in [0.717, 1.165) is 17.8 Å². The number of alkyl halides is 3. The summed E-state index contributed by atoms with van der Waals surface area (Å²) in [6.45, 7) is 5.73. The first-order chi connectivity index (χ1) is 12.9. The Kier molecular flexibility index (Phi) is 6.71. The number of rotatable bonds is 2. The van der Waals surface area contributed by atoms with Gasteiger partial charge in [0.05, 0.1) is 4.88 Å². The number of hydrogen-bond acceptors (Lipinski definition) is 5. The van der Waals surface area contributed by atoms with E-state index in [0.29, 0.717) is 19.1 Å². The summed E-state index contributed by atoms with van der Waals surface area (Å²) >= 11 is 1.55. The molecule has 2 aliphatic heterocycles. The Morgan fingerprint density at radius 3 is 2.46 bits per heavy atom. The maximum Gasteiger partial charge on any atom is 0.490 e. The van der Waals surface area contributed by atoms with Gasteiger partial charge in [0.25, 0.3) is 5.91 Å². The Bertz CT molecular complexity index is 742. The van der Waals surface area contributed by atoms with E-state index in [1.54, 1.807) is 30.1 Å². The Morgan fingerprint density at radius 1 is 1.29 bits per heavy atom. The van der Waals surface area contributed by atoms with Crippen molar-refractivity contribution in [2.75, 3.05) is 19.6 Å². The molecule has 2 fully saturated rings. The Hall–Kier alpha value is -2.14. The summed E-state index contributed by atoms with van der Waals surface area (Å²) in [5.41, 5.74) is -0.787. The predicted molar refractivity (Wildman–Crippen MR) is 96.1 cm³/mol. The molecule has 1 aromatic heterocycles. The number of carboxylic acids is 1. The van der Waals surface area contributed by atoms with Gasteiger partial charge in [0.2, 0.25) is 5.91 Å². The van der Waals surface area contributed by atoms with Gasteiger partial charge in [0, 0.05) is 24.0 Å². The number of aliphatic carboxylic acids is 1. The van der Waals surface area contributed by atoms with Crippen molar-refractivity contribution in [3.05, 3.63) is 21.9 Å². The topological polar surface area (TPSA) is 98.7 Å². The molecule has 1 aromatic rings. The Morgan fingerprint density at radius 2 is 1.93 bits per heavy atom. The summed E-state index contributed by atoms with van der Waals surface area (Å²) in [6.07, 6.45) is -2.77. The minimum atomic E-state index is -5.08. The second-order valence-electron chi connectivity index (χ2n) is 6.93. The predicted octanol–water partition coefficient (Wildman–Crippen LogP) is 2.16. The van der Waals surface area contributed by atoms with Crippen LogP contribution < -0.4 is 10.6 Å². The second-order valence-corrected chi connectivity index (χ2v) is 8.04. The summed E-state index contributed by atoms with van der Waals surface area (Å²) < 4.78 is 31.7. The molecule has 0 radical (unpaired) electrons. The highest BCUT2D eigenvalue weighted by molar-refractivity contribution is 7.14. The van der Waals surface area contributed by atoms with Crippen molar-refractivity contribution in [1.29, 1.82) is 0 Å². The summed E-state index contributed by atoms with van der Waals surface area (Å²) in [4.78, 5) is 37.2. The zero-order valence-electron chi connectivity index (χ0n) is 15.4. The summed E-state index contributed by atoms with van der Waals surface area (Å²) in [5, 5.41) is 13.4. The SMILES string of the molecule is CC1(C)C(=O)NCCN1C(=O)c1ccc(C2CCCN2)s1.O=C(O)C(F)(F)F. The van der Waals surface area contributed by atoms with Crippen LogP contribution in [0.1, 0.15) is 47.3 Å². The zero-order valence-corrected chi connectivity index (χ0v) is 16.2. The molecule has 7 nitrogen and oxygen atoms in total. The lowest BCUT2D eigenvalue weighted by molar-refractivity contribution is -0.192. The fourth-order valence-electron chi connectivity index (χ4n) is 2.97. The van der Waals surface area contributed by atoms with Crippen LogP contribution in [0.3, 0.4) is 0 Å². The third-order valence-corrected chi connectivity index (χ3v) is 5.77. The highest BCUT2D eigenvalue weighted by Gasteiger charge is 2.41. The van der Waals surface area contributed by atoms with Crippen molar-refractivity contribution in [3.8, 4) is 0 Å². The van der Waals surface area contributed by atoms with Crippen molar-refractivity contribution in [2.45, 2.75) is 44.4 Å². The van der Waals surface area contributed by atoms with Gasteiger partial charge in [-0.2, -0.15) is 13.2 Å². The van der Waals surface area contributed by atoms with Gasteiger partial charge in [-0.25, -0.2) is 4.79 Å². The first kappa shape index (κ1) is 22.2. The molecule has 0 aromatic carbocycles. The fraction of sp³-hybridized carbons (Fsp3) is 0.588. The molecule has 3 rings (SSSR count). The van der Waals surface area contributed by atoms with E-state index in [1.165, 1.54) is 11.3 Å². The summed E-state index contributed by atoms with van der Waals surface area (Å²) in [7, 11) is 0. The average molecular weight is 421 g/mol. The lowest BCUT2D eigenvalue weighted by Crippen LogP contribution is -2.63. The Balaban J connectivity index is 0.000000345. The van der Waals surface area contributed by atoms with Gasteiger partial charge in [0.1, 0.15) is 5.54 Å². The van der Waals surface area contributed by atoms with Gasteiger partial charge in [-0.05, 0) is 45.4 Å². The van der Waals surface area contributed by atoms with Crippen LogP contribution in [-0.2, 0) is 9.59 Å². The van der Waals surface area contributed by atoms with Crippen molar-refractivity contribution >= 4 is 29.1 Å². The molecule has 156 valence electrons. The second kappa shape index (κ2) is 8.48. The van der Waals surface area contributed by atoms with E-state index >= 15 is 0 Å². The molecule has 3 heterocycles. The molecule has 2 saturated heterocycles. The van der Waals surface area contributed by atoms with Crippen molar-refractivity contribution in [1.82, 2.24) is 15.5 Å². The van der Waals surface area contributed by atoms with Gasteiger partial charge in [-0.3, -0.25) is 9.59 Å². The van der Waals surface area contributed by atoms with E-state index in [2.05, 4.69) is 10.6 Å². The van der Waals surface area contributed by atoms with Crippen LogP contribution in [-0.4, -0.2) is 59.1 Å². The number of hydrogen-bond donors (Lipinski definition) is 3. The number of amides is 2. The number of nitrogens with one attached hydrogen (secondary N) is 2. The van der Waals surface area contributed by atoms with Crippen molar-refractivity contribution in [2.24, 2.45) is 0 Å². The average Bonchev–Trinajstić information content (AvgIpc) is 3.27. The molecular weight excluding hydrogens is 399 g/mol. The van der Waals surface area contributed by atoms with E-state index in [-0.39, 0.29) is 11.8 Å².